The minimum Gasteiger partial charge on any atom is -0.387 e. The number of nitrogens with one attached hydrogen (secondary N) is 2. The second-order valence-electron chi connectivity index (χ2n) is 4.90. The smallest absolute Gasteiger partial charge is 0.253 e. The van der Waals surface area contributed by atoms with Crippen LogP contribution in [0.15, 0.2) is 18.2 Å². The predicted octanol–water partition coefficient (Wildman–Crippen LogP) is 1.44. The number of nitrogens with zero attached hydrogens (tertiary/aromatic N) is 1. The molecule has 2 N–H and O–H groups in total. The van der Waals surface area contributed by atoms with Gasteiger partial charge in [-0.3, -0.25) is 4.79 Å². The molecule has 1 atom stereocenters. The van der Waals surface area contributed by atoms with Crippen LogP contribution in [0, 0.1) is 0 Å². The number of benzene rings is 1. The summed E-state index contributed by atoms with van der Waals surface area (Å²) < 4.78 is 5.62. The van der Waals surface area contributed by atoms with Crippen LogP contribution in [0.5, 0.6) is 0 Å². The van der Waals surface area contributed by atoms with Gasteiger partial charge in [0.05, 0.1) is 18.3 Å². The Morgan fingerprint density at radius 2 is 2.35 bits per heavy atom. The molecule has 1 unspecified atom stereocenters. The summed E-state index contributed by atoms with van der Waals surface area (Å²) in [7, 11) is 3.83. The molecule has 1 aromatic rings. The van der Waals surface area contributed by atoms with Crippen molar-refractivity contribution in [2.45, 2.75) is 6.10 Å². The molecule has 0 saturated carbocycles. The maximum Gasteiger partial charge on any atom is 0.253 e. The summed E-state index contributed by atoms with van der Waals surface area (Å²) in [6.07, 6.45) is 0.0370. The molecule has 1 saturated heterocycles. The third-order valence-corrected chi connectivity index (χ3v) is 3.56. The van der Waals surface area contributed by atoms with E-state index in [0.29, 0.717) is 23.7 Å². The van der Waals surface area contributed by atoms with Crippen molar-refractivity contribution in [3.63, 3.8) is 0 Å². The number of carbonyl (C=O) groups is 1. The van der Waals surface area contributed by atoms with Crippen molar-refractivity contribution in [3.05, 3.63) is 28.8 Å². The number of anilines is 1. The van der Waals surface area contributed by atoms with Gasteiger partial charge in [-0.05, 0) is 25.2 Å². The third-order valence-electron chi connectivity index (χ3n) is 3.33. The van der Waals surface area contributed by atoms with Crippen molar-refractivity contribution in [2.24, 2.45) is 0 Å². The summed E-state index contributed by atoms with van der Waals surface area (Å²) in [6, 6.07) is 5.21. The normalized spacial score (nSPS) is 19.6. The summed E-state index contributed by atoms with van der Waals surface area (Å²) in [5, 5.41) is 6.44. The Morgan fingerprint density at radius 1 is 1.55 bits per heavy atom. The molecule has 1 heterocycles. The highest BCUT2D eigenvalue weighted by atomic mass is 35.5. The van der Waals surface area contributed by atoms with E-state index in [0.717, 1.165) is 18.8 Å². The van der Waals surface area contributed by atoms with Crippen LogP contribution in [-0.4, -0.2) is 57.2 Å². The number of halogens is 1. The van der Waals surface area contributed by atoms with Gasteiger partial charge in [0.25, 0.3) is 5.91 Å². The van der Waals surface area contributed by atoms with E-state index in [1.54, 1.807) is 25.2 Å². The lowest BCUT2D eigenvalue weighted by atomic mass is 10.1. The fraction of sp³-hybridized carbons (Fsp3) is 0.500. The van der Waals surface area contributed by atoms with Gasteiger partial charge < -0.3 is 20.3 Å². The van der Waals surface area contributed by atoms with Crippen LogP contribution in [-0.2, 0) is 4.74 Å². The maximum absolute atomic E-state index is 12.2. The molecule has 0 aromatic heterocycles. The van der Waals surface area contributed by atoms with Gasteiger partial charge in [0.2, 0.25) is 0 Å². The maximum atomic E-state index is 12.2. The zero-order chi connectivity index (χ0) is 14.5. The second-order valence-corrected chi connectivity index (χ2v) is 5.34. The number of hydrogen-bond donors (Lipinski definition) is 2. The molecular formula is C14H20ClN3O2. The van der Waals surface area contributed by atoms with Gasteiger partial charge in [-0.2, -0.15) is 0 Å². The fourth-order valence-corrected chi connectivity index (χ4v) is 2.39. The summed E-state index contributed by atoms with van der Waals surface area (Å²) in [5.74, 6) is -0.145. The fourth-order valence-electron chi connectivity index (χ4n) is 2.21. The lowest BCUT2D eigenvalue weighted by Crippen LogP contribution is -2.46. The minimum absolute atomic E-state index is 0.0370. The molecule has 2 rings (SSSR count). The molecule has 1 aromatic carbocycles. The van der Waals surface area contributed by atoms with Crippen molar-refractivity contribution in [1.29, 1.82) is 0 Å². The van der Waals surface area contributed by atoms with Gasteiger partial charge in [0, 0.05) is 37.4 Å². The van der Waals surface area contributed by atoms with Gasteiger partial charge in [0.15, 0.2) is 0 Å². The summed E-state index contributed by atoms with van der Waals surface area (Å²) in [4.78, 5) is 14.4. The molecule has 1 aliphatic rings. The number of amides is 1. The van der Waals surface area contributed by atoms with Crippen molar-refractivity contribution >= 4 is 23.2 Å². The van der Waals surface area contributed by atoms with Crippen molar-refractivity contribution < 1.29 is 9.53 Å². The Balaban J connectivity index is 1.96. The highest BCUT2D eigenvalue weighted by Gasteiger charge is 2.19. The van der Waals surface area contributed by atoms with E-state index in [4.69, 9.17) is 16.3 Å². The van der Waals surface area contributed by atoms with E-state index in [2.05, 4.69) is 15.5 Å². The van der Waals surface area contributed by atoms with Crippen LogP contribution in [0.2, 0.25) is 5.02 Å². The molecule has 1 fully saturated rings. The monoisotopic (exact) mass is 297 g/mol. The molecule has 1 aliphatic heterocycles. The largest absolute Gasteiger partial charge is 0.387 e. The Bertz CT molecular complexity index is 481. The molecule has 1 amide bonds. The number of carbonyl (C=O) groups excluding carboxylic acids is 1. The van der Waals surface area contributed by atoms with E-state index < -0.39 is 0 Å². The van der Waals surface area contributed by atoms with Crippen LogP contribution in [0.4, 0.5) is 5.69 Å². The quantitative estimate of drug-likeness (QED) is 0.883. The number of likely N-dealkylation sites (N-methyl/N-ethyl adjacent to an activating group) is 1. The van der Waals surface area contributed by atoms with Gasteiger partial charge in [-0.25, -0.2) is 0 Å². The topological polar surface area (TPSA) is 53.6 Å². The summed E-state index contributed by atoms with van der Waals surface area (Å²) in [6.45, 7) is 2.96. The van der Waals surface area contributed by atoms with Gasteiger partial charge in [-0.15, -0.1) is 0 Å². The third kappa shape index (κ3) is 3.85. The first-order valence-electron chi connectivity index (χ1n) is 6.66. The molecule has 110 valence electrons. The van der Waals surface area contributed by atoms with E-state index in [-0.39, 0.29) is 12.0 Å². The van der Waals surface area contributed by atoms with Crippen LogP contribution in [0.25, 0.3) is 0 Å². The van der Waals surface area contributed by atoms with Crippen LogP contribution in [0.3, 0.4) is 0 Å². The first-order chi connectivity index (χ1) is 9.60. The summed E-state index contributed by atoms with van der Waals surface area (Å²) >= 11 is 5.95. The first kappa shape index (κ1) is 15.1. The highest BCUT2D eigenvalue weighted by molar-refractivity contribution is 6.31. The van der Waals surface area contributed by atoms with Crippen LogP contribution < -0.4 is 10.6 Å². The molecule has 0 spiro atoms. The molecule has 20 heavy (non-hydrogen) atoms. The highest BCUT2D eigenvalue weighted by Crippen LogP contribution is 2.20. The van der Waals surface area contributed by atoms with E-state index in [1.165, 1.54) is 0 Å². The molecule has 0 aliphatic carbocycles. The van der Waals surface area contributed by atoms with Gasteiger partial charge in [0.1, 0.15) is 0 Å². The average molecular weight is 298 g/mol. The van der Waals surface area contributed by atoms with Crippen LogP contribution >= 0.6 is 11.6 Å². The average Bonchev–Trinajstić information content (AvgIpc) is 2.45. The minimum atomic E-state index is -0.145. The zero-order valence-electron chi connectivity index (χ0n) is 11.8. The standard InChI is InChI=1S/C14H20ClN3O2/c1-16-13-4-3-10(15)7-12(13)14(19)17-8-11-9-18(2)5-6-20-11/h3-4,7,11,16H,5-6,8-9H2,1-2H3,(H,17,19). The predicted molar refractivity (Wildman–Crippen MR) is 80.6 cm³/mol. The van der Waals surface area contributed by atoms with Gasteiger partial charge in [-0.1, -0.05) is 11.6 Å². The van der Waals surface area contributed by atoms with Crippen molar-refractivity contribution in [3.8, 4) is 0 Å². The molecule has 6 heteroatoms. The molecule has 0 radical (unpaired) electrons. The lowest BCUT2D eigenvalue weighted by Gasteiger charge is -2.30. The lowest BCUT2D eigenvalue weighted by molar-refractivity contribution is -0.0174. The first-order valence-corrected chi connectivity index (χ1v) is 7.03. The number of ether oxygens (including phenoxy) is 1. The molecule has 5 nitrogen and oxygen atoms in total. The van der Waals surface area contributed by atoms with Gasteiger partial charge >= 0.3 is 0 Å². The van der Waals surface area contributed by atoms with Crippen molar-refractivity contribution in [1.82, 2.24) is 10.2 Å². The zero-order valence-corrected chi connectivity index (χ0v) is 12.5. The SMILES string of the molecule is CNc1ccc(Cl)cc1C(=O)NCC1CN(C)CCO1. The summed E-state index contributed by atoms with van der Waals surface area (Å²) in [5.41, 5.74) is 1.30. The number of hydrogen-bond acceptors (Lipinski definition) is 4. The van der Waals surface area contributed by atoms with E-state index in [9.17, 15) is 4.79 Å². The van der Waals surface area contributed by atoms with Crippen molar-refractivity contribution in [2.75, 3.05) is 45.7 Å². The van der Waals surface area contributed by atoms with Crippen LogP contribution in [0.1, 0.15) is 10.4 Å². The Labute approximate surface area is 124 Å². The molecular weight excluding hydrogens is 278 g/mol. The van der Waals surface area contributed by atoms with E-state index in [1.807, 2.05) is 7.05 Å². The van der Waals surface area contributed by atoms with E-state index >= 15 is 0 Å². The second kappa shape index (κ2) is 6.92. The number of morpholine rings is 1. The Kier molecular flexibility index (Phi) is 5.23. The Morgan fingerprint density at radius 3 is 3.05 bits per heavy atom. The number of rotatable bonds is 4. The molecule has 0 bridgehead atoms. The Hall–Kier alpha value is -1.30.